The monoisotopic (exact) mass is 181 g/mol. The molecule has 0 saturated carbocycles. The van der Waals surface area contributed by atoms with Crippen LogP contribution in [-0.2, 0) is 0 Å². The topological polar surface area (TPSA) is 71.0 Å². The van der Waals surface area contributed by atoms with Crippen LogP contribution in [0, 0.1) is 5.82 Å². The number of rotatable bonds is 2. The molecule has 0 amide bonds. The van der Waals surface area contributed by atoms with E-state index >= 15 is 0 Å². The van der Waals surface area contributed by atoms with Crippen molar-refractivity contribution in [3.8, 4) is 0 Å². The van der Waals surface area contributed by atoms with Crippen LogP contribution in [0.4, 0.5) is 4.39 Å². The molecule has 0 aromatic heterocycles. The van der Waals surface area contributed by atoms with Crippen molar-refractivity contribution in [1.82, 2.24) is 0 Å². The second kappa shape index (κ2) is 4.20. The maximum atomic E-state index is 12.5. The van der Waals surface area contributed by atoms with E-state index in [-0.39, 0.29) is 11.5 Å². The fourth-order valence-electron chi connectivity index (χ4n) is 0.858. The molecule has 0 aliphatic carbocycles. The van der Waals surface area contributed by atoms with Crippen molar-refractivity contribution in [3.05, 3.63) is 35.6 Å². The van der Waals surface area contributed by atoms with Crippen molar-refractivity contribution in [2.45, 2.75) is 0 Å². The van der Waals surface area contributed by atoms with Crippen LogP contribution in [0.15, 0.2) is 34.5 Å². The van der Waals surface area contributed by atoms with Crippen LogP contribution in [0.5, 0.6) is 0 Å². The van der Waals surface area contributed by atoms with Gasteiger partial charge in [0.1, 0.15) is 11.5 Å². The molecule has 0 atom stereocenters. The van der Waals surface area contributed by atoms with E-state index in [0.29, 0.717) is 5.56 Å². The Bertz CT molecular complexity index is 332. The molecule has 0 fully saturated rings. The number of hydrazone groups is 1. The molecule has 68 valence electrons. The third-order valence-corrected chi connectivity index (χ3v) is 1.46. The van der Waals surface area contributed by atoms with E-state index in [1.165, 1.54) is 24.3 Å². The number of oxime groups is 1. The van der Waals surface area contributed by atoms with Crippen molar-refractivity contribution in [2.75, 3.05) is 0 Å². The molecule has 5 heteroatoms. The number of hydrogen-bond acceptors (Lipinski definition) is 4. The first-order chi connectivity index (χ1) is 6.27. The van der Waals surface area contributed by atoms with Crippen LogP contribution in [-0.4, -0.2) is 17.1 Å². The Kier molecular flexibility index (Phi) is 2.97. The fourth-order valence-corrected chi connectivity index (χ4v) is 0.858. The number of nitrogens with zero attached hydrogens (tertiary/aromatic N) is 2. The lowest BCUT2D eigenvalue weighted by atomic mass is 10.1. The van der Waals surface area contributed by atoms with Crippen LogP contribution in [0.25, 0.3) is 0 Å². The third kappa shape index (κ3) is 2.26. The predicted molar refractivity (Wildman–Crippen MR) is 47.4 cm³/mol. The highest BCUT2D eigenvalue weighted by Crippen LogP contribution is 2.02. The van der Waals surface area contributed by atoms with E-state index < -0.39 is 0 Å². The van der Waals surface area contributed by atoms with E-state index in [1.54, 1.807) is 0 Å². The van der Waals surface area contributed by atoms with Crippen LogP contribution < -0.4 is 5.84 Å². The summed E-state index contributed by atoms with van der Waals surface area (Å²) < 4.78 is 12.5. The minimum Gasteiger partial charge on any atom is -0.411 e. The Morgan fingerprint density at radius 3 is 2.46 bits per heavy atom. The molecule has 0 aliphatic rings. The van der Waals surface area contributed by atoms with Gasteiger partial charge in [-0.3, -0.25) is 0 Å². The first-order valence-electron chi connectivity index (χ1n) is 3.49. The van der Waals surface area contributed by atoms with Gasteiger partial charge in [0, 0.05) is 5.56 Å². The van der Waals surface area contributed by atoms with Crippen LogP contribution >= 0.6 is 0 Å². The lowest BCUT2D eigenvalue weighted by Gasteiger charge is -1.97. The Balaban J connectivity index is 3.00. The zero-order valence-electron chi connectivity index (χ0n) is 6.68. The second-order valence-electron chi connectivity index (χ2n) is 2.27. The third-order valence-electron chi connectivity index (χ3n) is 1.46. The summed E-state index contributed by atoms with van der Waals surface area (Å²) in [5.41, 5.74) is 0.865. The van der Waals surface area contributed by atoms with Crippen LogP contribution in [0.2, 0.25) is 0 Å². The smallest absolute Gasteiger partial charge is 0.123 e. The van der Waals surface area contributed by atoms with E-state index in [4.69, 9.17) is 11.0 Å². The van der Waals surface area contributed by atoms with Crippen molar-refractivity contribution >= 4 is 11.9 Å². The summed E-state index contributed by atoms with van der Waals surface area (Å²) in [4.78, 5) is 0. The summed E-state index contributed by atoms with van der Waals surface area (Å²) in [5.74, 6) is 4.67. The predicted octanol–water partition coefficient (Wildman–Crippen LogP) is 0.948. The molecule has 0 radical (unpaired) electrons. The van der Waals surface area contributed by atoms with Gasteiger partial charge in [0.05, 0.1) is 6.21 Å². The SMILES string of the molecule is NN=C(C=NO)c1ccc(F)cc1. The first kappa shape index (κ1) is 9.18. The number of halogens is 1. The minimum atomic E-state index is -0.346. The normalized spacial score (nSPS) is 12.2. The summed E-state index contributed by atoms with van der Waals surface area (Å²) >= 11 is 0. The van der Waals surface area contributed by atoms with Gasteiger partial charge in [-0.15, -0.1) is 0 Å². The molecular formula is C8H8FN3O. The summed E-state index contributed by atoms with van der Waals surface area (Å²) in [6.45, 7) is 0. The van der Waals surface area contributed by atoms with Crippen molar-refractivity contribution in [1.29, 1.82) is 0 Å². The van der Waals surface area contributed by atoms with Gasteiger partial charge in [0.15, 0.2) is 0 Å². The average molecular weight is 181 g/mol. The van der Waals surface area contributed by atoms with Gasteiger partial charge in [0.25, 0.3) is 0 Å². The zero-order chi connectivity index (χ0) is 9.68. The van der Waals surface area contributed by atoms with Crippen molar-refractivity contribution < 1.29 is 9.60 Å². The van der Waals surface area contributed by atoms with E-state index in [1.807, 2.05) is 0 Å². The molecule has 0 bridgehead atoms. The molecular weight excluding hydrogens is 173 g/mol. The highest BCUT2D eigenvalue weighted by Gasteiger charge is 1.99. The maximum absolute atomic E-state index is 12.5. The number of nitrogens with two attached hydrogens (primary N) is 1. The summed E-state index contributed by atoms with van der Waals surface area (Å²) in [6.07, 6.45) is 1.08. The average Bonchev–Trinajstić information content (AvgIpc) is 2.16. The molecule has 0 unspecified atom stereocenters. The molecule has 1 aromatic rings. The second-order valence-corrected chi connectivity index (χ2v) is 2.27. The Morgan fingerprint density at radius 1 is 1.38 bits per heavy atom. The molecule has 4 nitrogen and oxygen atoms in total. The summed E-state index contributed by atoms with van der Waals surface area (Å²) in [6, 6.07) is 5.52. The van der Waals surface area contributed by atoms with Gasteiger partial charge in [-0.25, -0.2) is 4.39 Å². The summed E-state index contributed by atoms with van der Waals surface area (Å²) in [5, 5.41) is 14.4. The lowest BCUT2D eigenvalue weighted by molar-refractivity contribution is 0.322. The molecule has 1 aromatic carbocycles. The largest absolute Gasteiger partial charge is 0.411 e. The molecule has 0 aliphatic heterocycles. The molecule has 13 heavy (non-hydrogen) atoms. The van der Waals surface area contributed by atoms with Gasteiger partial charge >= 0.3 is 0 Å². The standard InChI is InChI=1S/C8H8FN3O/c9-7-3-1-6(2-4-7)8(12-10)5-11-13/h1-5,13H,10H2. The summed E-state index contributed by atoms with van der Waals surface area (Å²) in [7, 11) is 0. The molecule has 0 heterocycles. The van der Waals surface area contributed by atoms with Gasteiger partial charge < -0.3 is 11.0 Å². The van der Waals surface area contributed by atoms with Crippen molar-refractivity contribution in [3.63, 3.8) is 0 Å². The molecule has 3 N–H and O–H groups in total. The van der Waals surface area contributed by atoms with Gasteiger partial charge in [-0.1, -0.05) is 5.16 Å². The van der Waals surface area contributed by atoms with Crippen molar-refractivity contribution in [2.24, 2.45) is 16.1 Å². The Morgan fingerprint density at radius 2 is 2.00 bits per heavy atom. The Labute approximate surface area is 74.2 Å². The minimum absolute atomic E-state index is 0.280. The molecule has 0 saturated heterocycles. The highest BCUT2D eigenvalue weighted by atomic mass is 19.1. The quantitative estimate of drug-likeness (QED) is 0.308. The van der Waals surface area contributed by atoms with Gasteiger partial charge in [-0.05, 0) is 24.3 Å². The Hall–Kier alpha value is -1.91. The lowest BCUT2D eigenvalue weighted by Crippen LogP contribution is -2.05. The fraction of sp³-hybridized carbons (Fsp3) is 0. The molecule has 0 spiro atoms. The first-order valence-corrected chi connectivity index (χ1v) is 3.49. The zero-order valence-corrected chi connectivity index (χ0v) is 6.68. The number of benzene rings is 1. The van der Waals surface area contributed by atoms with E-state index in [9.17, 15) is 4.39 Å². The van der Waals surface area contributed by atoms with Gasteiger partial charge in [-0.2, -0.15) is 5.10 Å². The maximum Gasteiger partial charge on any atom is 0.123 e. The van der Waals surface area contributed by atoms with E-state index in [0.717, 1.165) is 6.21 Å². The van der Waals surface area contributed by atoms with Crippen LogP contribution in [0.3, 0.4) is 0 Å². The number of hydrogen-bond donors (Lipinski definition) is 2. The van der Waals surface area contributed by atoms with Gasteiger partial charge in [0.2, 0.25) is 0 Å². The molecule has 1 rings (SSSR count). The van der Waals surface area contributed by atoms with E-state index in [2.05, 4.69) is 10.3 Å². The van der Waals surface area contributed by atoms with Crippen LogP contribution in [0.1, 0.15) is 5.56 Å². The highest BCUT2D eigenvalue weighted by molar-refractivity contribution is 6.37.